The molecule has 2 N–H and O–H groups in total. The highest BCUT2D eigenvalue weighted by Crippen LogP contribution is 2.24. The fraction of sp³-hybridized carbons (Fsp3) is 0. The quantitative estimate of drug-likeness (QED) is 0.201. The molecule has 5 aromatic carbocycles. The lowest BCUT2D eigenvalue weighted by Crippen LogP contribution is -1.63. The highest BCUT2D eigenvalue weighted by atomic mass is 32.1. The molecule has 0 radical (unpaired) electrons. The maximum absolute atomic E-state index is 5.01. The lowest BCUT2D eigenvalue weighted by molar-refractivity contribution is 0.602. The largest absolute Gasteiger partial charge is 0.443 e. The molecule has 0 amide bonds. The maximum Gasteiger partial charge on any atom is 0.181 e. The molecule has 0 bridgehead atoms. The number of hydrogen-bond donors (Lipinski definition) is 2. The van der Waals surface area contributed by atoms with Crippen molar-refractivity contribution in [2.75, 3.05) is 0 Å². The van der Waals surface area contributed by atoms with E-state index in [-0.39, 0.29) is 0 Å². The van der Waals surface area contributed by atoms with Crippen LogP contribution in [0.2, 0.25) is 0 Å². The van der Waals surface area contributed by atoms with E-state index in [1.165, 1.54) is 32.9 Å². The predicted octanol–water partition coefficient (Wildman–Crippen LogP) is 9.01. The van der Waals surface area contributed by atoms with Crippen molar-refractivity contribution in [3.05, 3.63) is 140 Å². The van der Waals surface area contributed by atoms with Crippen LogP contribution in [0.3, 0.4) is 0 Å². The summed E-state index contributed by atoms with van der Waals surface area (Å²) in [6.07, 6.45) is 3.15. The summed E-state index contributed by atoms with van der Waals surface area (Å²) in [6.45, 7) is 0. The van der Waals surface area contributed by atoms with E-state index in [9.17, 15) is 0 Å². The molecule has 9 aromatic rings. The van der Waals surface area contributed by atoms with E-state index in [2.05, 4.69) is 79.5 Å². The molecule has 0 spiro atoms. The number of hydrogen-bond acceptors (Lipinski definition) is 5. The monoisotopic (exact) mass is 539 g/mol. The van der Waals surface area contributed by atoms with Gasteiger partial charge in [-0.3, -0.25) is 0 Å². The third-order valence-electron chi connectivity index (χ3n) is 6.21. The molecule has 4 heterocycles. The van der Waals surface area contributed by atoms with E-state index < -0.39 is 0 Å². The fourth-order valence-corrected chi connectivity index (χ4v) is 4.96. The highest BCUT2D eigenvalue weighted by Gasteiger charge is 2.00. The van der Waals surface area contributed by atoms with Gasteiger partial charge in [0.2, 0.25) is 0 Å². The van der Waals surface area contributed by atoms with Gasteiger partial charge in [-0.1, -0.05) is 72.8 Å². The first-order valence-corrected chi connectivity index (χ1v) is 13.6. The number of nitrogens with one attached hydrogen (secondary N) is 2. The maximum atomic E-state index is 5.01. The topological polar surface area (TPSA) is 83.4 Å². The Balaban J connectivity index is 0.0000000979. The van der Waals surface area contributed by atoms with Crippen LogP contribution in [0, 0.1) is 0 Å². The van der Waals surface area contributed by atoms with Gasteiger partial charge in [0.05, 0.1) is 33.1 Å². The van der Waals surface area contributed by atoms with Gasteiger partial charge < -0.3 is 14.4 Å². The van der Waals surface area contributed by atoms with Crippen molar-refractivity contribution < 1.29 is 4.42 Å². The Kier molecular flexibility index (Phi) is 7.55. The molecular weight excluding hydrogens is 514 g/mol. The van der Waals surface area contributed by atoms with E-state index in [1.807, 2.05) is 72.2 Å². The van der Waals surface area contributed by atoms with Crippen molar-refractivity contribution >= 4 is 65.5 Å². The molecule has 0 fully saturated rings. The van der Waals surface area contributed by atoms with Crippen LogP contribution in [-0.4, -0.2) is 24.9 Å². The first-order valence-electron chi connectivity index (χ1n) is 12.8. The van der Waals surface area contributed by atoms with Crippen LogP contribution in [0.4, 0.5) is 0 Å². The van der Waals surface area contributed by atoms with Gasteiger partial charge in [0.15, 0.2) is 12.0 Å². The van der Waals surface area contributed by atoms with Gasteiger partial charge in [-0.2, -0.15) is 0 Å². The molecule has 0 saturated heterocycles. The van der Waals surface area contributed by atoms with Crippen molar-refractivity contribution in [3.63, 3.8) is 0 Å². The second-order valence-electron chi connectivity index (χ2n) is 8.78. The summed E-state index contributed by atoms with van der Waals surface area (Å²) in [5.74, 6) is 0. The van der Waals surface area contributed by atoms with Crippen LogP contribution in [0.15, 0.2) is 144 Å². The molecule has 0 aliphatic carbocycles. The Hall–Kier alpha value is -5.27. The molecule has 4 aromatic heterocycles. The van der Waals surface area contributed by atoms with Crippen molar-refractivity contribution in [2.45, 2.75) is 0 Å². The number of benzene rings is 5. The SMILES string of the molecule is c1ccc2[nH]cnc2c1.c1ccc2c(c1)[nH]c1ccccc12.c1ccc2ocnc2c1.c1ccc2scnc2c1. The molecule has 0 saturated carbocycles. The minimum Gasteiger partial charge on any atom is -0.443 e. The normalized spacial score (nSPS) is 10.5. The molecule has 7 heteroatoms. The summed E-state index contributed by atoms with van der Waals surface area (Å²) in [4.78, 5) is 18.5. The van der Waals surface area contributed by atoms with Crippen LogP contribution in [-0.2, 0) is 0 Å². The zero-order valence-electron chi connectivity index (χ0n) is 21.4. The lowest BCUT2D eigenvalue weighted by Gasteiger charge is -1.87. The van der Waals surface area contributed by atoms with Crippen molar-refractivity contribution in [2.24, 2.45) is 0 Å². The summed E-state index contributed by atoms with van der Waals surface area (Å²) in [5, 5.41) is 2.61. The van der Waals surface area contributed by atoms with Gasteiger partial charge in [-0.05, 0) is 48.5 Å². The molecular formula is C33H25N5OS. The smallest absolute Gasteiger partial charge is 0.181 e. The van der Waals surface area contributed by atoms with Gasteiger partial charge >= 0.3 is 0 Å². The Morgan fingerprint density at radius 2 is 1.12 bits per heavy atom. The average Bonchev–Trinajstić information content (AvgIpc) is 3.83. The standard InChI is InChI=1S/C12H9N.C7H6N2.C7H5NO.C7H5NS/c1-3-7-11-9(5-1)10-6-2-4-8-12(10)13-11;3*1-2-4-7-6(3-1)8-5-9-7/h1-8,13H;1-5H,(H,8,9);2*1-5H. The van der Waals surface area contributed by atoms with Crippen LogP contribution >= 0.6 is 11.3 Å². The molecule has 0 atom stereocenters. The zero-order valence-corrected chi connectivity index (χ0v) is 22.3. The second-order valence-corrected chi connectivity index (χ2v) is 9.66. The Bertz CT molecular complexity index is 1800. The number of thiazole rings is 1. The second kappa shape index (κ2) is 12.1. The molecule has 0 unspecified atom stereocenters. The molecule has 0 aliphatic rings. The predicted molar refractivity (Wildman–Crippen MR) is 166 cm³/mol. The molecule has 194 valence electrons. The summed E-state index contributed by atoms with van der Waals surface area (Å²) in [5.41, 5.74) is 9.27. The number of rotatable bonds is 0. The summed E-state index contributed by atoms with van der Waals surface area (Å²) in [6, 6.07) is 40.5. The summed E-state index contributed by atoms with van der Waals surface area (Å²) < 4.78 is 6.27. The summed E-state index contributed by atoms with van der Waals surface area (Å²) in [7, 11) is 0. The van der Waals surface area contributed by atoms with Gasteiger partial charge in [-0.25, -0.2) is 15.0 Å². The molecule has 40 heavy (non-hydrogen) atoms. The molecule has 0 aliphatic heterocycles. The number of oxazole rings is 1. The first-order chi connectivity index (χ1) is 19.8. The van der Waals surface area contributed by atoms with Crippen LogP contribution < -0.4 is 0 Å². The zero-order chi connectivity index (χ0) is 27.0. The van der Waals surface area contributed by atoms with Gasteiger partial charge in [0.25, 0.3) is 0 Å². The van der Waals surface area contributed by atoms with Crippen LogP contribution in [0.25, 0.3) is 54.2 Å². The number of imidazole rings is 1. The first kappa shape index (κ1) is 25.0. The number of fused-ring (bicyclic) bond motifs is 6. The number of nitrogens with zero attached hydrogens (tertiary/aromatic N) is 3. The molecule has 9 rings (SSSR count). The van der Waals surface area contributed by atoms with Gasteiger partial charge in [0, 0.05) is 21.8 Å². The number of aromatic amines is 2. The Morgan fingerprint density at radius 1 is 0.525 bits per heavy atom. The van der Waals surface area contributed by atoms with Gasteiger partial charge in [0.1, 0.15) is 5.52 Å². The minimum absolute atomic E-state index is 0.845. The lowest BCUT2D eigenvalue weighted by atomic mass is 10.2. The third kappa shape index (κ3) is 5.75. The fourth-order valence-electron chi connectivity index (χ4n) is 4.29. The Labute approximate surface area is 234 Å². The van der Waals surface area contributed by atoms with E-state index in [1.54, 1.807) is 17.7 Å². The van der Waals surface area contributed by atoms with E-state index in [4.69, 9.17) is 4.42 Å². The van der Waals surface area contributed by atoms with Crippen molar-refractivity contribution in [1.29, 1.82) is 0 Å². The van der Waals surface area contributed by atoms with Crippen LogP contribution in [0.5, 0.6) is 0 Å². The van der Waals surface area contributed by atoms with Crippen molar-refractivity contribution in [1.82, 2.24) is 24.9 Å². The van der Waals surface area contributed by atoms with E-state index in [0.29, 0.717) is 0 Å². The van der Waals surface area contributed by atoms with Gasteiger partial charge in [-0.15, -0.1) is 11.3 Å². The van der Waals surface area contributed by atoms with Crippen molar-refractivity contribution in [3.8, 4) is 0 Å². The highest BCUT2D eigenvalue weighted by molar-refractivity contribution is 7.16. The summed E-state index contributed by atoms with van der Waals surface area (Å²) >= 11 is 1.68. The number of para-hydroxylation sites is 7. The Morgan fingerprint density at radius 3 is 1.82 bits per heavy atom. The third-order valence-corrected chi connectivity index (χ3v) is 7.02. The minimum atomic E-state index is 0.845. The molecule has 6 nitrogen and oxygen atoms in total. The van der Waals surface area contributed by atoms with E-state index >= 15 is 0 Å². The number of aromatic nitrogens is 5. The number of H-pyrrole nitrogens is 2. The average molecular weight is 540 g/mol. The van der Waals surface area contributed by atoms with Crippen LogP contribution in [0.1, 0.15) is 0 Å². The van der Waals surface area contributed by atoms with E-state index in [0.717, 1.165) is 27.6 Å².